The van der Waals surface area contributed by atoms with E-state index >= 15 is 0 Å². The van der Waals surface area contributed by atoms with Crippen LogP contribution in [0.2, 0.25) is 0 Å². The number of unbranched alkanes of at least 4 members (excludes halogenated alkanes) is 8. The molecule has 38 heavy (non-hydrogen) atoms. The zero-order valence-corrected chi connectivity index (χ0v) is 23.4. The van der Waals surface area contributed by atoms with Crippen LogP contribution in [0.3, 0.4) is 0 Å². The summed E-state index contributed by atoms with van der Waals surface area (Å²) in [5.74, 6) is 0.920. The first kappa shape index (κ1) is 29.2. The lowest BCUT2D eigenvalue weighted by molar-refractivity contribution is 0.304. The molecule has 0 aromatic heterocycles. The molecule has 0 fully saturated rings. The van der Waals surface area contributed by atoms with Gasteiger partial charge in [-0.2, -0.15) is 0 Å². The molecule has 0 aliphatic heterocycles. The molecule has 3 aromatic rings. The Labute approximate surface area is 230 Å². The van der Waals surface area contributed by atoms with Crippen molar-refractivity contribution in [2.24, 2.45) is 9.98 Å². The highest BCUT2D eigenvalue weighted by molar-refractivity contribution is 5.83. The molecule has 0 aliphatic carbocycles. The molecule has 0 radical (unpaired) electrons. The minimum absolute atomic E-state index is 0.785. The Bertz CT molecular complexity index is 982. The lowest BCUT2D eigenvalue weighted by Crippen LogP contribution is -2.01. The van der Waals surface area contributed by atoms with Crippen molar-refractivity contribution in [3.63, 3.8) is 0 Å². The summed E-state index contributed by atoms with van der Waals surface area (Å²) >= 11 is 0. The van der Waals surface area contributed by atoms with Crippen LogP contribution in [0.15, 0.2) is 82.8 Å². The summed E-state index contributed by atoms with van der Waals surface area (Å²) in [6, 6.07) is 24.6. The van der Waals surface area contributed by atoms with Gasteiger partial charge >= 0.3 is 0 Å². The second-order valence-corrected chi connectivity index (χ2v) is 9.83. The Hall–Kier alpha value is -3.40. The van der Waals surface area contributed by atoms with E-state index in [0.29, 0.717) is 0 Å². The summed E-state index contributed by atoms with van der Waals surface area (Å²) in [6.45, 7) is 6.31. The fourth-order valence-electron chi connectivity index (χ4n) is 4.12. The van der Waals surface area contributed by atoms with Gasteiger partial charge in [0.05, 0.1) is 18.0 Å². The number of hydrogen-bond acceptors (Lipinski definition) is 4. The van der Waals surface area contributed by atoms with Gasteiger partial charge in [-0.1, -0.05) is 77.3 Å². The molecule has 0 unspecified atom stereocenters. The minimum Gasteiger partial charge on any atom is -0.494 e. The van der Waals surface area contributed by atoms with Crippen LogP contribution in [0.1, 0.15) is 89.2 Å². The Balaban J connectivity index is 1.39. The van der Waals surface area contributed by atoms with Crippen molar-refractivity contribution in [3.8, 4) is 5.75 Å². The highest BCUT2D eigenvalue weighted by atomic mass is 16.5. The zero-order chi connectivity index (χ0) is 26.7. The van der Waals surface area contributed by atoms with Gasteiger partial charge in [0.15, 0.2) is 0 Å². The maximum Gasteiger partial charge on any atom is 0.119 e. The van der Waals surface area contributed by atoms with Crippen molar-refractivity contribution < 1.29 is 4.74 Å². The lowest BCUT2D eigenvalue weighted by atomic mass is 10.1. The number of nitrogens with one attached hydrogen (secondary N) is 1. The molecule has 202 valence electrons. The van der Waals surface area contributed by atoms with Gasteiger partial charge in [-0.3, -0.25) is 9.98 Å². The molecule has 0 saturated carbocycles. The highest BCUT2D eigenvalue weighted by Crippen LogP contribution is 2.20. The van der Waals surface area contributed by atoms with Crippen molar-refractivity contribution in [3.05, 3.63) is 83.9 Å². The van der Waals surface area contributed by atoms with E-state index in [0.717, 1.165) is 47.8 Å². The summed E-state index contributed by atoms with van der Waals surface area (Å²) in [5, 5.41) is 3.51. The largest absolute Gasteiger partial charge is 0.494 e. The Morgan fingerprint density at radius 3 is 1.63 bits per heavy atom. The van der Waals surface area contributed by atoms with Crippen LogP contribution in [-0.2, 0) is 0 Å². The van der Waals surface area contributed by atoms with Gasteiger partial charge in [-0.15, -0.1) is 0 Å². The van der Waals surface area contributed by atoms with Gasteiger partial charge in [0.1, 0.15) is 5.75 Å². The average Bonchev–Trinajstić information content (AvgIpc) is 2.96. The summed E-state index contributed by atoms with van der Waals surface area (Å²) < 4.78 is 5.85. The Morgan fingerprint density at radius 1 is 0.579 bits per heavy atom. The van der Waals surface area contributed by atoms with E-state index in [2.05, 4.69) is 53.4 Å². The normalized spacial score (nSPS) is 11.4. The average molecular weight is 512 g/mol. The fourth-order valence-corrected chi connectivity index (χ4v) is 4.12. The van der Waals surface area contributed by atoms with Gasteiger partial charge in [0, 0.05) is 24.7 Å². The molecule has 0 aliphatic rings. The van der Waals surface area contributed by atoms with Crippen LogP contribution in [0, 0.1) is 0 Å². The quantitative estimate of drug-likeness (QED) is 0.136. The van der Waals surface area contributed by atoms with Crippen LogP contribution < -0.4 is 10.1 Å². The molecule has 0 saturated heterocycles. The molecule has 4 heteroatoms. The van der Waals surface area contributed by atoms with Gasteiger partial charge in [-0.25, -0.2) is 0 Å². The summed E-state index contributed by atoms with van der Waals surface area (Å²) in [6.07, 6.45) is 16.5. The SMILES string of the molecule is CCCCCCCNc1ccc(C=Nc2ccc(N=Cc3ccc(OCCCCCCC)cc3)cc2)cc1. The number of ether oxygens (including phenoxy) is 1. The third-order valence-electron chi connectivity index (χ3n) is 6.49. The van der Waals surface area contributed by atoms with E-state index < -0.39 is 0 Å². The van der Waals surface area contributed by atoms with E-state index in [4.69, 9.17) is 4.74 Å². The number of rotatable bonds is 18. The second kappa shape index (κ2) is 18.0. The smallest absolute Gasteiger partial charge is 0.119 e. The van der Waals surface area contributed by atoms with Gasteiger partial charge in [0.2, 0.25) is 0 Å². The molecule has 3 aromatic carbocycles. The predicted octanol–water partition coefficient (Wildman–Crippen LogP) is 9.92. The first-order valence-electron chi connectivity index (χ1n) is 14.5. The van der Waals surface area contributed by atoms with E-state index in [1.165, 1.54) is 63.5 Å². The van der Waals surface area contributed by atoms with Crippen molar-refractivity contribution in [1.29, 1.82) is 0 Å². The molecule has 4 nitrogen and oxygen atoms in total. The topological polar surface area (TPSA) is 46.0 Å². The number of nitrogens with zero attached hydrogens (tertiary/aromatic N) is 2. The van der Waals surface area contributed by atoms with Crippen molar-refractivity contribution >= 4 is 29.5 Å². The monoisotopic (exact) mass is 511 g/mol. The number of benzene rings is 3. The lowest BCUT2D eigenvalue weighted by Gasteiger charge is -2.06. The summed E-state index contributed by atoms with van der Waals surface area (Å²) in [7, 11) is 0. The van der Waals surface area contributed by atoms with Crippen molar-refractivity contribution in [2.45, 2.75) is 78.1 Å². The van der Waals surface area contributed by atoms with E-state index in [9.17, 15) is 0 Å². The Kier molecular flexibility index (Phi) is 13.8. The third-order valence-corrected chi connectivity index (χ3v) is 6.49. The van der Waals surface area contributed by atoms with Crippen LogP contribution in [0.5, 0.6) is 5.75 Å². The van der Waals surface area contributed by atoms with Crippen LogP contribution in [-0.4, -0.2) is 25.6 Å². The van der Waals surface area contributed by atoms with Gasteiger partial charge in [0.25, 0.3) is 0 Å². The third kappa shape index (κ3) is 11.8. The van der Waals surface area contributed by atoms with E-state index in [-0.39, 0.29) is 0 Å². The minimum atomic E-state index is 0.785. The molecular formula is C34H45N3O. The molecule has 1 N–H and O–H groups in total. The number of aliphatic imine (C=N–C) groups is 2. The maximum absolute atomic E-state index is 5.85. The highest BCUT2D eigenvalue weighted by Gasteiger charge is 1.97. The molecule has 0 heterocycles. The van der Waals surface area contributed by atoms with Gasteiger partial charge in [-0.05, 0) is 84.6 Å². The molecule has 0 bridgehead atoms. The van der Waals surface area contributed by atoms with E-state index in [1.807, 2.05) is 61.0 Å². The van der Waals surface area contributed by atoms with Crippen LogP contribution >= 0.6 is 0 Å². The number of hydrogen-bond donors (Lipinski definition) is 1. The number of anilines is 1. The Morgan fingerprint density at radius 2 is 1.08 bits per heavy atom. The van der Waals surface area contributed by atoms with Crippen molar-refractivity contribution in [2.75, 3.05) is 18.5 Å². The molecule has 0 spiro atoms. The fraction of sp³-hybridized carbons (Fsp3) is 0.412. The first-order valence-corrected chi connectivity index (χ1v) is 14.5. The van der Waals surface area contributed by atoms with E-state index in [1.54, 1.807) is 0 Å². The zero-order valence-electron chi connectivity index (χ0n) is 23.4. The van der Waals surface area contributed by atoms with Crippen LogP contribution in [0.4, 0.5) is 17.1 Å². The molecular weight excluding hydrogens is 466 g/mol. The summed E-state index contributed by atoms with van der Waals surface area (Å²) in [5.41, 5.74) is 5.12. The van der Waals surface area contributed by atoms with Crippen LogP contribution in [0.25, 0.3) is 0 Å². The molecule has 0 atom stereocenters. The second-order valence-electron chi connectivity index (χ2n) is 9.83. The van der Waals surface area contributed by atoms with Crippen molar-refractivity contribution in [1.82, 2.24) is 0 Å². The molecule has 3 rings (SSSR count). The van der Waals surface area contributed by atoms with Gasteiger partial charge < -0.3 is 10.1 Å². The maximum atomic E-state index is 5.85. The standard InChI is InChI=1S/C34H45N3O/c1-3-5-7-9-11-25-35-31-17-13-29(14-18-31)27-36-32-19-21-33(22-20-32)37-28-30-15-23-34(24-16-30)38-26-12-10-8-6-4-2/h13-24,27-28,35H,3-12,25-26H2,1-2H3. The summed E-state index contributed by atoms with van der Waals surface area (Å²) in [4.78, 5) is 9.21. The predicted molar refractivity (Wildman–Crippen MR) is 165 cm³/mol. The first-order chi connectivity index (χ1) is 18.8. The molecule has 0 amide bonds.